The monoisotopic (exact) mass is 404 g/mol. The van der Waals surface area contributed by atoms with Crippen molar-refractivity contribution >= 4 is 23.7 Å². The number of carboxylic acid groups (broad SMARTS) is 1. The fraction of sp³-hybridized carbons (Fsp3) is 0.476. The third-order valence-corrected chi connectivity index (χ3v) is 4.95. The highest BCUT2D eigenvalue weighted by Gasteiger charge is 2.36. The first-order valence-corrected chi connectivity index (χ1v) is 9.38. The Labute approximate surface area is 170 Å². The first-order chi connectivity index (χ1) is 13.6. The van der Waals surface area contributed by atoms with Gasteiger partial charge in [-0.1, -0.05) is 11.6 Å². The molecule has 1 aliphatic rings. The lowest BCUT2D eigenvalue weighted by Crippen LogP contribution is -2.28. The molecule has 0 aromatic heterocycles. The summed E-state index contributed by atoms with van der Waals surface area (Å²) in [5, 5.41) is 11.8. The molecule has 158 valence electrons. The predicted octanol–water partition coefficient (Wildman–Crippen LogP) is 3.68. The molecule has 0 radical (unpaired) electrons. The van der Waals surface area contributed by atoms with Crippen molar-refractivity contribution in [3.8, 4) is 5.75 Å². The number of benzene rings is 1. The zero-order chi connectivity index (χ0) is 21.9. The van der Waals surface area contributed by atoms with Crippen LogP contribution in [0, 0.1) is 6.92 Å². The quantitative estimate of drug-likeness (QED) is 0.530. The Balaban J connectivity index is 2.61. The Morgan fingerprint density at radius 2 is 1.97 bits per heavy atom. The zero-order valence-corrected chi connectivity index (χ0v) is 17.7. The van der Waals surface area contributed by atoms with Crippen LogP contribution in [-0.2, 0) is 16.0 Å². The van der Waals surface area contributed by atoms with Crippen molar-refractivity contribution in [2.75, 3.05) is 26.5 Å². The van der Waals surface area contributed by atoms with Crippen molar-refractivity contribution in [3.05, 3.63) is 33.9 Å². The minimum Gasteiger partial charge on any atom is -0.496 e. The van der Waals surface area contributed by atoms with Crippen molar-refractivity contribution < 1.29 is 29.0 Å². The summed E-state index contributed by atoms with van der Waals surface area (Å²) in [7, 11) is 4.77. The number of aliphatic carboxylic acids is 1. The van der Waals surface area contributed by atoms with Crippen LogP contribution < -0.4 is 10.1 Å². The molecule has 0 bridgehead atoms. The van der Waals surface area contributed by atoms with Crippen LogP contribution in [0.1, 0.15) is 59.8 Å². The largest absolute Gasteiger partial charge is 0.496 e. The number of cyclic esters (lactones) is 1. The highest BCUT2D eigenvalue weighted by Crippen LogP contribution is 2.45. The molecule has 1 atom stereocenters. The summed E-state index contributed by atoms with van der Waals surface area (Å²) in [5.74, 6) is -0.790. The van der Waals surface area contributed by atoms with Gasteiger partial charge >= 0.3 is 18.0 Å². The van der Waals surface area contributed by atoms with E-state index < -0.39 is 18.0 Å². The van der Waals surface area contributed by atoms with Gasteiger partial charge in [0.1, 0.15) is 11.9 Å². The summed E-state index contributed by atoms with van der Waals surface area (Å²) in [6.07, 6.45) is 2.30. The number of hydrogen-bond donors (Lipinski definition) is 2. The predicted molar refractivity (Wildman–Crippen MR) is 109 cm³/mol. The molecule has 0 saturated carbocycles. The van der Waals surface area contributed by atoms with Gasteiger partial charge < -0.3 is 24.8 Å². The number of carbonyl (C=O) groups is 3. The molecule has 1 aliphatic heterocycles. The van der Waals surface area contributed by atoms with Gasteiger partial charge in [-0.2, -0.15) is 0 Å². The third kappa shape index (κ3) is 4.70. The van der Waals surface area contributed by atoms with E-state index in [2.05, 4.69) is 5.32 Å². The number of allylic oxidation sites excluding steroid dienone is 2. The summed E-state index contributed by atoms with van der Waals surface area (Å²) in [6.45, 7) is 5.42. The lowest BCUT2D eigenvalue weighted by molar-refractivity contribution is -0.136. The number of carboxylic acids is 1. The summed E-state index contributed by atoms with van der Waals surface area (Å²) < 4.78 is 11.0. The molecule has 1 aromatic carbocycles. The average Bonchev–Trinajstić information content (AvgIpc) is 2.94. The summed E-state index contributed by atoms with van der Waals surface area (Å²) in [5.41, 5.74) is 3.85. The van der Waals surface area contributed by atoms with Crippen LogP contribution in [0.25, 0.3) is 0 Å². The van der Waals surface area contributed by atoms with Gasteiger partial charge in [-0.25, -0.2) is 9.59 Å². The van der Waals surface area contributed by atoms with Crippen molar-refractivity contribution in [2.24, 2.45) is 0 Å². The Bertz CT molecular complexity index is 873. The van der Waals surface area contributed by atoms with Crippen molar-refractivity contribution in [1.82, 2.24) is 4.90 Å². The van der Waals surface area contributed by atoms with Gasteiger partial charge in [0.25, 0.3) is 0 Å². The number of hydrogen-bond acceptors (Lipinski definition) is 5. The number of esters is 1. The molecule has 8 nitrogen and oxygen atoms in total. The lowest BCUT2D eigenvalue weighted by atomic mass is 9.91. The number of anilines is 1. The molecule has 2 amide bonds. The second-order valence-corrected chi connectivity index (χ2v) is 7.32. The number of nitrogens with zero attached hydrogens (tertiary/aromatic N) is 1. The van der Waals surface area contributed by atoms with Crippen LogP contribution in [0.4, 0.5) is 10.5 Å². The molecule has 2 rings (SSSR count). The fourth-order valence-corrected chi connectivity index (χ4v) is 3.41. The van der Waals surface area contributed by atoms with E-state index in [-0.39, 0.29) is 12.5 Å². The van der Waals surface area contributed by atoms with E-state index in [0.29, 0.717) is 41.0 Å². The van der Waals surface area contributed by atoms with Gasteiger partial charge in [-0.05, 0) is 33.6 Å². The summed E-state index contributed by atoms with van der Waals surface area (Å²) in [6, 6.07) is -0.336. The molecule has 0 aliphatic carbocycles. The number of rotatable bonds is 7. The second kappa shape index (κ2) is 8.98. The van der Waals surface area contributed by atoms with E-state index in [1.165, 1.54) is 12.0 Å². The van der Waals surface area contributed by atoms with Gasteiger partial charge in [-0.3, -0.25) is 4.79 Å². The highest BCUT2D eigenvalue weighted by molar-refractivity contribution is 6.02. The lowest BCUT2D eigenvalue weighted by Gasteiger charge is -2.22. The van der Waals surface area contributed by atoms with Crippen LogP contribution >= 0.6 is 0 Å². The maximum absolute atomic E-state index is 12.4. The standard InChI is InChI=1S/C21H28N2O6/c1-11(8-10-15(24)25)7-9-14-18(22-21(27)23(4)5)17-13(3)29-20(26)16(17)12(2)19(14)28-6/h7,13H,8-10H2,1-6H3,(H,22,27)(H,24,25)/b11-7+. The number of nitrogens with one attached hydrogen (secondary N) is 1. The van der Waals surface area contributed by atoms with Gasteiger partial charge in [0, 0.05) is 37.2 Å². The van der Waals surface area contributed by atoms with Crippen LogP contribution in [0.15, 0.2) is 11.6 Å². The SMILES string of the molecule is COc1c(C)c2c(c(NC(=O)N(C)C)c1C/C=C(\C)CCC(=O)O)C(C)OC2=O. The maximum Gasteiger partial charge on any atom is 0.339 e. The highest BCUT2D eigenvalue weighted by atomic mass is 16.5. The van der Waals surface area contributed by atoms with E-state index in [9.17, 15) is 14.4 Å². The molecule has 0 fully saturated rings. The Kier molecular flexibility index (Phi) is 6.89. The molecule has 29 heavy (non-hydrogen) atoms. The van der Waals surface area contributed by atoms with Crippen LogP contribution in [0.3, 0.4) is 0 Å². The Morgan fingerprint density at radius 1 is 1.31 bits per heavy atom. The van der Waals surface area contributed by atoms with Crippen molar-refractivity contribution in [1.29, 1.82) is 0 Å². The van der Waals surface area contributed by atoms with Gasteiger partial charge in [-0.15, -0.1) is 0 Å². The normalized spacial score (nSPS) is 15.6. The van der Waals surface area contributed by atoms with E-state index in [1.807, 2.05) is 13.0 Å². The van der Waals surface area contributed by atoms with E-state index in [4.69, 9.17) is 14.6 Å². The van der Waals surface area contributed by atoms with E-state index >= 15 is 0 Å². The molecule has 0 saturated heterocycles. The Hall–Kier alpha value is -3.03. The zero-order valence-electron chi connectivity index (χ0n) is 17.7. The summed E-state index contributed by atoms with van der Waals surface area (Å²) >= 11 is 0. The number of amides is 2. The molecule has 1 unspecified atom stereocenters. The maximum atomic E-state index is 12.4. The van der Waals surface area contributed by atoms with Crippen molar-refractivity contribution in [3.63, 3.8) is 0 Å². The minimum absolute atomic E-state index is 0.0479. The number of carbonyl (C=O) groups excluding carboxylic acids is 2. The third-order valence-electron chi connectivity index (χ3n) is 4.95. The number of ether oxygens (including phenoxy) is 2. The van der Waals surface area contributed by atoms with Crippen LogP contribution in [-0.4, -0.2) is 49.2 Å². The molecule has 8 heteroatoms. The molecular formula is C21H28N2O6. The van der Waals surface area contributed by atoms with Crippen LogP contribution in [0.2, 0.25) is 0 Å². The first-order valence-electron chi connectivity index (χ1n) is 9.38. The molecule has 2 N–H and O–H groups in total. The number of fused-ring (bicyclic) bond motifs is 1. The van der Waals surface area contributed by atoms with Gasteiger partial charge in [0.05, 0.1) is 18.4 Å². The van der Waals surface area contributed by atoms with Gasteiger partial charge in [0.15, 0.2) is 0 Å². The first kappa shape index (κ1) is 22.3. The molecule has 0 spiro atoms. The topological polar surface area (TPSA) is 105 Å². The second-order valence-electron chi connectivity index (χ2n) is 7.32. The van der Waals surface area contributed by atoms with E-state index in [0.717, 1.165) is 11.1 Å². The van der Waals surface area contributed by atoms with E-state index in [1.54, 1.807) is 27.9 Å². The minimum atomic E-state index is -0.855. The fourth-order valence-electron chi connectivity index (χ4n) is 3.41. The average molecular weight is 404 g/mol. The van der Waals surface area contributed by atoms with Gasteiger partial charge in [0.2, 0.25) is 0 Å². The Morgan fingerprint density at radius 3 is 2.52 bits per heavy atom. The van der Waals surface area contributed by atoms with Crippen LogP contribution in [0.5, 0.6) is 5.75 Å². The number of methoxy groups -OCH3 is 1. The van der Waals surface area contributed by atoms with Crippen molar-refractivity contribution in [2.45, 2.75) is 46.1 Å². The summed E-state index contributed by atoms with van der Waals surface area (Å²) in [4.78, 5) is 37.0. The smallest absolute Gasteiger partial charge is 0.339 e. The molecule has 1 heterocycles. The molecule has 1 aromatic rings. The molecular weight excluding hydrogens is 376 g/mol. The number of urea groups is 1.